The van der Waals surface area contributed by atoms with Gasteiger partial charge in [-0.05, 0) is 20.3 Å². The summed E-state index contributed by atoms with van der Waals surface area (Å²) in [5.74, 6) is -1.70. The molecule has 2 N–H and O–H groups in total. The topological polar surface area (TPSA) is 107 Å². The Morgan fingerprint density at radius 3 is 2.57 bits per heavy atom. The van der Waals surface area contributed by atoms with Crippen LogP contribution in [0.2, 0.25) is 0 Å². The van der Waals surface area contributed by atoms with Crippen molar-refractivity contribution in [2.24, 2.45) is 0 Å². The van der Waals surface area contributed by atoms with Crippen LogP contribution < -0.4 is 5.32 Å². The van der Waals surface area contributed by atoms with E-state index in [1.54, 1.807) is 13.8 Å². The van der Waals surface area contributed by atoms with Crippen LogP contribution in [-0.4, -0.2) is 64.4 Å². The Bertz CT molecular complexity index is 449. The first-order chi connectivity index (χ1) is 9.73. The van der Waals surface area contributed by atoms with Gasteiger partial charge in [-0.1, -0.05) is 0 Å². The highest BCUT2D eigenvalue weighted by Crippen LogP contribution is 2.12. The van der Waals surface area contributed by atoms with E-state index in [2.05, 4.69) is 5.32 Å². The van der Waals surface area contributed by atoms with Crippen molar-refractivity contribution in [3.63, 3.8) is 0 Å². The number of hydrogen-bond donors (Lipinski definition) is 2. The van der Waals surface area contributed by atoms with Crippen molar-refractivity contribution in [2.75, 3.05) is 13.6 Å². The number of hydrogen-bond acceptors (Lipinski definition) is 4. The molecule has 1 unspecified atom stereocenters. The zero-order valence-corrected chi connectivity index (χ0v) is 12.5. The van der Waals surface area contributed by atoms with E-state index < -0.39 is 23.9 Å². The van der Waals surface area contributed by atoms with Gasteiger partial charge in [0.05, 0.1) is 6.42 Å². The van der Waals surface area contributed by atoms with E-state index in [0.29, 0.717) is 0 Å². The number of carboxylic acids is 1. The largest absolute Gasteiger partial charge is 0.481 e. The highest BCUT2D eigenvalue weighted by Gasteiger charge is 2.33. The Kier molecular flexibility index (Phi) is 5.69. The van der Waals surface area contributed by atoms with Gasteiger partial charge in [-0.2, -0.15) is 0 Å². The van der Waals surface area contributed by atoms with E-state index in [1.807, 2.05) is 0 Å². The van der Waals surface area contributed by atoms with Gasteiger partial charge in [0.15, 0.2) is 0 Å². The number of urea groups is 1. The van der Waals surface area contributed by atoms with Gasteiger partial charge in [0.1, 0.15) is 6.04 Å². The van der Waals surface area contributed by atoms with E-state index in [-0.39, 0.29) is 37.8 Å². The van der Waals surface area contributed by atoms with Crippen molar-refractivity contribution >= 4 is 23.8 Å². The standard InChI is InChI=1S/C13H21N3O5/c1-8(2)16(7-6-11(18)19)13(21)14-9-4-5-10(17)15(3)12(9)20/h8-9H,4-7H2,1-3H3,(H,14,21)(H,18,19). The molecule has 1 rings (SSSR count). The number of piperidine rings is 1. The Balaban J connectivity index is 2.66. The van der Waals surface area contributed by atoms with Crippen LogP contribution in [0.3, 0.4) is 0 Å². The number of aliphatic carboxylic acids is 1. The predicted molar refractivity (Wildman–Crippen MR) is 73.4 cm³/mol. The monoisotopic (exact) mass is 299 g/mol. The average molecular weight is 299 g/mol. The molecular weight excluding hydrogens is 278 g/mol. The predicted octanol–water partition coefficient (Wildman–Crippen LogP) is 0.0285. The minimum absolute atomic E-state index is 0.0640. The van der Waals surface area contributed by atoms with Crippen molar-refractivity contribution in [1.82, 2.24) is 15.1 Å². The number of likely N-dealkylation sites (tertiary alicyclic amines) is 1. The summed E-state index contributed by atoms with van der Waals surface area (Å²) in [5, 5.41) is 11.3. The number of nitrogens with one attached hydrogen (secondary N) is 1. The molecule has 8 nitrogen and oxygen atoms in total. The van der Waals surface area contributed by atoms with Gasteiger partial charge in [0.2, 0.25) is 5.91 Å². The van der Waals surface area contributed by atoms with Crippen molar-refractivity contribution < 1.29 is 24.3 Å². The summed E-state index contributed by atoms with van der Waals surface area (Å²) in [7, 11) is 1.38. The maximum absolute atomic E-state index is 12.2. The lowest BCUT2D eigenvalue weighted by atomic mass is 10.0. The van der Waals surface area contributed by atoms with Crippen LogP contribution in [0.15, 0.2) is 0 Å². The van der Waals surface area contributed by atoms with Crippen LogP contribution in [0, 0.1) is 0 Å². The maximum atomic E-state index is 12.2. The SMILES string of the molecule is CC(C)N(CCC(=O)O)C(=O)NC1CCC(=O)N(C)C1=O. The first kappa shape index (κ1) is 16.9. The second-order valence-corrected chi connectivity index (χ2v) is 5.26. The van der Waals surface area contributed by atoms with Gasteiger partial charge >= 0.3 is 12.0 Å². The van der Waals surface area contributed by atoms with E-state index in [4.69, 9.17) is 5.11 Å². The molecule has 0 aromatic rings. The third kappa shape index (κ3) is 4.44. The van der Waals surface area contributed by atoms with Crippen LogP contribution in [-0.2, 0) is 14.4 Å². The summed E-state index contributed by atoms with van der Waals surface area (Å²) >= 11 is 0. The third-order valence-electron chi connectivity index (χ3n) is 3.40. The number of rotatable bonds is 5. The number of imide groups is 1. The van der Waals surface area contributed by atoms with Gasteiger partial charge in [0.25, 0.3) is 5.91 Å². The molecule has 0 aromatic heterocycles. The van der Waals surface area contributed by atoms with E-state index in [0.717, 1.165) is 4.90 Å². The lowest BCUT2D eigenvalue weighted by molar-refractivity contribution is -0.148. The van der Waals surface area contributed by atoms with Gasteiger partial charge in [-0.3, -0.25) is 19.3 Å². The molecule has 1 fully saturated rings. The summed E-state index contributed by atoms with van der Waals surface area (Å²) in [6.45, 7) is 3.59. The maximum Gasteiger partial charge on any atom is 0.318 e. The summed E-state index contributed by atoms with van der Waals surface area (Å²) in [6.07, 6.45) is 0.297. The van der Waals surface area contributed by atoms with Crippen molar-refractivity contribution in [2.45, 2.75) is 45.2 Å². The molecule has 0 saturated carbocycles. The average Bonchev–Trinajstić information content (AvgIpc) is 2.39. The smallest absolute Gasteiger partial charge is 0.318 e. The van der Waals surface area contributed by atoms with Gasteiger partial charge < -0.3 is 15.3 Å². The highest BCUT2D eigenvalue weighted by molar-refractivity contribution is 6.01. The summed E-state index contributed by atoms with van der Waals surface area (Å²) < 4.78 is 0. The Labute approximate surface area is 123 Å². The molecule has 1 heterocycles. The van der Waals surface area contributed by atoms with Crippen LogP contribution in [0.1, 0.15) is 33.1 Å². The molecule has 0 bridgehead atoms. The number of amides is 4. The summed E-state index contributed by atoms with van der Waals surface area (Å²) in [6, 6.07) is -1.43. The zero-order valence-electron chi connectivity index (χ0n) is 12.5. The Hall–Kier alpha value is -2.12. The lowest BCUT2D eigenvalue weighted by Crippen LogP contribution is -2.56. The second-order valence-electron chi connectivity index (χ2n) is 5.26. The third-order valence-corrected chi connectivity index (χ3v) is 3.40. The number of nitrogens with zero attached hydrogens (tertiary/aromatic N) is 2. The minimum Gasteiger partial charge on any atom is -0.481 e. The Morgan fingerprint density at radius 1 is 1.43 bits per heavy atom. The fourth-order valence-corrected chi connectivity index (χ4v) is 2.09. The second kappa shape index (κ2) is 7.05. The van der Waals surface area contributed by atoms with E-state index >= 15 is 0 Å². The minimum atomic E-state index is -0.993. The van der Waals surface area contributed by atoms with Crippen LogP contribution in [0.25, 0.3) is 0 Å². The van der Waals surface area contributed by atoms with Gasteiger partial charge in [0, 0.05) is 26.1 Å². The number of carbonyl (C=O) groups excluding carboxylic acids is 3. The molecule has 1 saturated heterocycles. The molecule has 0 radical (unpaired) electrons. The fourth-order valence-electron chi connectivity index (χ4n) is 2.09. The number of likely N-dealkylation sites (N-methyl/N-ethyl adjacent to an activating group) is 1. The van der Waals surface area contributed by atoms with Gasteiger partial charge in [-0.15, -0.1) is 0 Å². The van der Waals surface area contributed by atoms with E-state index in [1.165, 1.54) is 11.9 Å². The molecule has 0 aromatic carbocycles. The lowest BCUT2D eigenvalue weighted by Gasteiger charge is -2.32. The molecule has 1 aliphatic heterocycles. The van der Waals surface area contributed by atoms with Crippen LogP contribution >= 0.6 is 0 Å². The summed E-state index contributed by atoms with van der Waals surface area (Å²) in [4.78, 5) is 48.4. The molecule has 118 valence electrons. The summed E-state index contributed by atoms with van der Waals surface area (Å²) in [5.41, 5.74) is 0. The van der Waals surface area contributed by atoms with E-state index in [9.17, 15) is 19.2 Å². The molecule has 0 aliphatic carbocycles. The normalized spacial score (nSPS) is 18.9. The molecular formula is C13H21N3O5. The van der Waals surface area contributed by atoms with Crippen LogP contribution in [0.5, 0.6) is 0 Å². The molecule has 8 heteroatoms. The quantitative estimate of drug-likeness (QED) is 0.696. The van der Waals surface area contributed by atoms with Crippen molar-refractivity contribution in [1.29, 1.82) is 0 Å². The molecule has 21 heavy (non-hydrogen) atoms. The van der Waals surface area contributed by atoms with Gasteiger partial charge in [-0.25, -0.2) is 4.79 Å². The van der Waals surface area contributed by atoms with Crippen molar-refractivity contribution in [3.05, 3.63) is 0 Å². The first-order valence-corrected chi connectivity index (χ1v) is 6.83. The zero-order chi connectivity index (χ0) is 16.2. The Morgan fingerprint density at radius 2 is 2.05 bits per heavy atom. The molecule has 1 aliphatic rings. The highest BCUT2D eigenvalue weighted by atomic mass is 16.4. The first-order valence-electron chi connectivity index (χ1n) is 6.83. The van der Waals surface area contributed by atoms with Crippen LogP contribution in [0.4, 0.5) is 4.79 Å². The molecule has 0 spiro atoms. The molecule has 1 atom stereocenters. The fraction of sp³-hybridized carbons (Fsp3) is 0.692. The molecule has 4 amide bonds. The number of carboxylic acid groups (broad SMARTS) is 1. The number of carbonyl (C=O) groups is 4. The van der Waals surface area contributed by atoms with Crippen molar-refractivity contribution in [3.8, 4) is 0 Å².